The minimum atomic E-state index is -0.184. The van der Waals surface area contributed by atoms with Crippen LogP contribution in [0.2, 0.25) is 0 Å². The lowest BCUT2D eigenvalue weighted by Gasteiger charge is -2.23. The van der Waals surface area contributed by atoms with Gasteiger partial charge in [0.2, 0.25) is 5.91 Å². The van der Waals surface area contributed by atoms with Crippen LogP contribution in [-0.4, -0.2) is 37.9 Å². The molecule has 0 atom stereocenters. The van der Waals surface area contributed by atoms with Crippen LogP contribution in [-0.2, 0) is 24.9 Å². The van der Waals surface area contributed by atoms with Gasteiger partial charge in [0, 0.05) is 31.2 Å². The van der Waals surface area contributed by atoms with Crippen molar-refractivity contribution in [1.82, 2.24) is 19.4 Å². The number of fused-ring (bicyclic) bond motifs is 1. The molecule has 2 fully saturated rings. The van der Waals surface area contributed by atoms with Crippen LogP contribution in [0.25, 0.3) is 11.0 Å². The van der Waals surface area contributed by atoms with Crippen LogP contribution in [0.5, 0.6) is 0 Å². The van der Waals surface area contributed by atoms with Crippen LogP contribution in [0.4, 0.5) is 0 Å². The third-order valence-electron chi connectivity index (χ3n) is 6.13. The molecule has 2 saturated carbocycles. The number of nitrogens with zero attached hydrogens (tertiary/aromatic N) is 3. The van der Waals surface area contributed by atoms with Gasteiger partial charge in [-0.05, 0) is 55.5 Å². The number of carbonyl (C=O) groups excluding carboxylic acids is 2. The van der Waals surface area contributed by atoms with Gasteiger partial charge in [-0.25, -0.2) is 4.79 Å². The summed E-state index contributed by atoms with van der Waals surface area (Å²) in [6.07, 6.45) is 4.08. The van der Waals surface area contributed by atoms with Crippen LogP contribution in [0.3, 0.4) is 0 Å². The molecular formula is C24H26N4O3. The van der Waals surface area contributed by atoms with Crippen molar-refractivity contribution >= 4 is 22.8 Å². The molecule has 0 bridgehead atoms. The number of aryl methyl sites for hydroxylation is 1. The Morgan fingerprint density at radius 1 is 1.00 bits per heavy atom. The van der Waals surface area contributed by atoms with E-state index in [0.29, 0.717) is 18.2 Å². The molecule has 3 aromatic rings. The molecule has 7 nitrogen and oxygen atoms in total. The quantitative estimate of drug-likeness (QED) is 0.640. The summed E-state index contributed by atoms with van der Waals surface area (Å²) < 4.78 is 3.13. The molecule has 2 aliphatic rings. The minimum absolute atomic E-state index is 0.0264. The van der Waals surface area contributed by atoms with E-state index < -0.39 is 0 Å². The predicted octanol–water partition coefficient (Wildman–Crippen LogP) is 2.42. The van der Waals surface area contributed by atoms with Crippen molar-refractivity contribution in [3.8, 4) is 0 Å². The maximum atomic E-state index is 13.2. The lowest BCUT2D eigenvalue weighted by Crippen LogP contribution is -2.37. The summed E-state index contributed by atoms with van der Waals surface area (Å²) in [4.78, 5) is 39.9. The summed E-state index contributed by atoms with van der Waals surface area (Å²) in [6, 6.07) is 15.5. The Morgan fingerprint density at radius 3 is 2.32 bits per heavy atom. The van der Waals surface area contributed by atoms with E-state index in [-0.39, 0.29) is 30.1 Å². The van der Waals surface area contributed by atoms with Crippen LogP contribution in [0.15, 0.2) is 53.3 Å². The Hall–Kier alpha value is -3.35. The zero-order valence-corrected chi connectivity index (χ0v) is 17.6. The van der Waals surface area contributed by atoms with Gasteiger partial charge in [-0.3, -0.25) is 18.7 Å². The topological polar surface area (TPSA) is 76.3 Å². The summed E-state index contributed by atoms with van der Waals surface area (Å²) in [6.45, 7) is 0.506. The lowest BCUT2D eigenvalue weighted by atomic mass is 10.1. The highest BCUT2D eigenvalue weighted by atomic mass is 16.2. The summed E-state index contributed by atoms with van der Waals surface area (Å²) >= 11 is 0. The fraction of sp³-hybridized carbons (Fsp3) is 0.375. The average molecular weight is 418 g/mol. The first-order valence-corrected chi connectivity index (χ1v) is 10.8. The molecule has 2 amide bonds. The molecule has 0 saturated heterocycles. The number of amides is 2. The molecule has 2 aromatic carbocycles. The zero-order chi connectivity index (χ0) is 21.5. The SMILES string of the molecule is Cn1c(=O)n(CC(=O)N(Cc2ccc(C(=O)NC3CC3)cc2)C2CC2)c2ccccc21. The number of aromatic nitrogens is 2. The summed E-state index contributed by atoms with van der Waals surface area (Å²) in [7, 11) is 1.73. The Labute approximate surface area is 180 Å². The number of nitrogens with one attached hydrogen (secondary N) is 1. The van der Waals surface area contributed by atoms with Crippen molar-refractivity contribution in [3.63, 3.8) is 0 Å². The number of carbonyl (C=O) groups is 2. The van der Waals surface area contributed by atoms with Gasteiger partial charge in [-0.15, -0.1) is 0 Å². The largest absolute Gasteiger partial charge is 0.349 e. The Kier molecular flexibility index (Phi) is 4.88. The molecule has 1 heterocycles. The van der Waals surface area contributed by atoms with Crippen LogP contribution in [0, 0.1) is 0 Å². The second-order valence-corrected chi connectivity index (χ2v) is 8.61. The van der Waals surface area contributed by atoms with E-state index in [1.807, 2.05) is 53.4 Å². The number of imidazole rings is 1. The zero-order valence-electron chi connectivity index (χ0n) is 17.6. The van der Waals surface area contributed by atoms with Gasteiger partial charge in [-0.2, -0.15) is 0 Å². The van der Waals surface area contributed by atoms with Gasteiger partial charge in [0.25, 0.3) is 5.91 Å². The Balaban J connectivity index is 1.32. The second-order valence-electron chi connectivity index (χ2n) is 8.61. The summed E-state index contributed by atoms with van der Waals surface area (Å²) in [5.41, 5.74) is 3.02. The maximum absolute atomic E-state index is 13.2. The van der Waals surface area contributed by atoms with E-state index in [2.05, 4.69) is 5.32 Å². The van der Waals surface area contributed by atoms with Crippen LogP contribution >= 0.6 is 0 Å². The smallest absolute Gasteiger partial charge is 0.329 e. The second kappa shape index (κ2) is 7.72. The van der Waals surface area contributed by atoms with E-state index in [4.69, 9.17) is 0 Å². The molecule has 1 aromatic heterocycles. The first kappa shape index (κ1) is 19.6. The molecule has 5 rings (SSSR count). The molecule has 7 heteroatoms. The molecule has 0 unspecified atom stereocenters. The highest BCUT2D eigenvalue weighted by molar-refractivity contribution is 5.94. The van der Waals surface area contributed by atoms with Crippen molar-refractivity contribution in [2.24, 2.45) is 7.05 Å². The summed E-state index contributed by atoms with van der Waals surface area (Å²) in [5.74, 6) is -0.101. The Bertz CT molecular complexity index is 1200. The third-order valence-corrected chi connectivity index (χ3v) is 6.13. The standard InChI is InChI=1S/C24H26N4O3/c1-26-20-4-2-3-5-21(20)28(24(26)31)15-22(29)27(19-12-13-19)14-16-6-8-17(9-7-16)23(30)25-18-10-11-18/h2-9,18-19H,10-15H2,1H3,(H,25,30). The number of benzene rings is 2. The fourth-order valence-corrected chi connectivity index (χ4v) is 4.00. The van der Waals surface area contributed by atoms with Crippen LogP contribution < -0.4 is 11.0 Å². The number of para-hydroxylation sites is 2. The number of hydrogen-bond acceptors (Lipinski definition) is 3. The first-order valence-electron chi connectivity index (χ1n) is 10.8. The molecule has 0 spiro atoms. The van der Waals surface area contributed by atoms with Gasteiger partial charge in [0.05, 0.1) is 11.0 Å². The minimum Gasteiger partial charge on any atom is -0.349 e. The van der Waals surface area contributed by atoms with E-state index in [0.717, 1.165) is 42.3 Å². The molecule has 1 N–H and O–H groups in total. The van der Waals surface area contributed by atoms with E-state index in [1.54, 1.807) is 16.2 Å². The van der Waals surface area contributed by atoms with Gasteiger partial charge in [0.15, 0.2) is 0 Å². The molecule has 2 aliphatic carbocycles. The molecule has 0 radical (unpaired) electrons. The monoisotopic (exact) mass is 418 g/mol. The van der Waals surface area contributed by atoms with Crippen molar-refractivity contribution in [1.29, 1.82) is 0 Å². The average Bonchev–Trinajstić information content (AvgIpc) is 3.70. The highest BCUT2D eigenvalue weighted by Gasteiger charge is 2.33. The molecule has 160 valence electrons. The third kappa shape index (κ3) is 4.00. The first-order chi connectivity index (χ1) is 15.0. The van der Waals surface area contributed by atoms with Gasteiger partial charge in [0.1, 0.15) is 6.54 Å². The van der Waals surface area contributed by atoms with E-state index in [1.165, 1.54) is 0 Å². The van der Waals surface area contributed by atoms with Crippen LogP contribution in [0.1, 0.15) is 41.6 Å². The number of hydrogen-bond donors (Lipinski definition) is 1. The number of rotatable bonds is 7. The summed E-state index contributed by atoms with van der Waals surface area (Å²) in [5, 5.41) is 2.99. The predicted molar refractivity (Wildman–Crippen MR) is 118 cm³/mol. The fourth-order valence-electron chi connectivity index (χ4n) is 4.00. The van der Waals surface area contributed by atoms with Crippen molar-refractivity contribution < 1.29 is 9.59 Å². The molecule has 31 heavy (non-hydrogen) atoms. The lowest BCUT2D eigenvalue weighted by molar-refractivity contribution is -0.133. The normalized spacial score (nSPS) is 15.8. The van der Waals surface area contributed by atoms with Gasteiger partial charge >= 0.3 is 5.69 Å². The van der Waals surface area contributed by atoms with Gasteiger partial charge in [-0.1, -0.05) is 24.3 Å². The Morgan fingerprint density at radius 2 is 1.68 bits per heavy atom. The van der Waals surface area contributed by atoms with E-state index in [9.17, 15) is 14.4 Å². The highest BCUT2D eigenvalue weighted by Crippen LogP contribution is 2.29. The van der Waals surface area contributed by atoms with E-state index >= 15 is 0 Å². The maximum Gasteiger partial charge on any atom is 0.329 e. The van der Waals surface area contributed by atoms with Gasteiger partial charge < -0.3 is 10.2 Å². The van der Waals surface area contributed by atoms with Crippen molar-refractivity contribution in [3.05, 3.63) is 70.1 Å². The molecule has 0 aliphatic heterocycles. The van der Waals surface area contributed by atoms with Crippen molar-refractivity contribution in [2.45, 2.75) is 50.9 Å². The molecular weight excluding hydrogens is 392 g/mol. The van der Waals surface area contributed by atoms with Crippen molar-refractivity contribution in [2.75, 3.05) is 0 Å².